The zero-order valence-electron chi connectivity index (χ0n) is 11.5. The molecule has 0 aromatic carbocycles. The Morgan fingerprint density at radius 3 is 2.79 bits per heavy atom. The molecule has 2 rings (SSSR count). The summed E-state index contributed by atoms with van der Waals surface area (Å²) in [6, 6.07) is -0.103. The summed E-state index contributed by atoms with van der Waals surface area (Å²) in [5.41, 5.74) is 0. The highest BCUT2D eigenvalue weighted by Crippen LogP contribution is 2.31. The maximum atomic E-state index is 12.1. The first kappa shape index (κ1) is 14.3. The number of carbonyl (C=O) groups is 2. The molecule has 19 heavy (non-hydrogen) atoms. The third-order valence-corrected chi connectivity index (χ3v) is 4.50. The van der Waals surface area contributed by atoms with Crippen molar-refractivity contribution < 1.29 is 14.7 Å². The van der Waals surface area contributed by atoms with Gasteiger partial charge in [-0.2, -0.15) is 0 Å². The van der Waals surface area contributed by atoms with Crippen molar-refractivity contribution in [2.45, 2.75) is 45.1 Å². The van der Waals surface area contributed by atoms with E-state index in [4.69, 9.17) is 5.11 Å². The molecule has 1 heterocycles. The standard InChI is InChI=1S/C14H24N2O3/c1-9-5-6-15-12(7-9)13(17)16-8-10-3-2-4-11(10)14(18)19/h9-12,15H,2-8H2,1H3,(H,16,17)(H,18,19). The molecule has 1 aliphatic carbocycles. The van der Waals surface area contributed by atoms with Gasteiger partial charge in [-0.05, 0) is 44.1 Å². The number of piperidine rings is 1. The van der Waals surface area contributed by atoms with E-state index in [9.17, 15) is 9.59 Å². The molecular weight excluding hydrogens is 244 g/mol. The monoisotopic (exact) mass is 268 g/mol. The summed E-state index contributed by atoms with van der Waals surface area (Å²) >= 11 is 0. The van der Waals surface area contributed by atoms with E-state index in [0.717, 1.165) is 38.6 Å². The number of rotatable bonds is 4. The minimum atomic E-state index is -0.721. The van der Waals surface area contributed by atoms with Crippen LogP contribution in [0.15, 0.2) is 0 Å². The maximum absolute atomic E-state index is 12.1. The molecule has 4 atom stereocenters. The molecule has 1 saturated heterocycles. The van der Waals surface area contributed by atoms with Crippen molar-refractivity contribution in [3.05, 3.63) is 0 Å². The first-order valence-corrected chi connectivity index (χ1v) is 7.32. The Morgan fingerprint density at radius 2 is 2.11 bits per heavy atom. The molecule has 5 nitrogen and oxygen atoms in total. The molecule has 5 heteroatoms. The average Bonchev–Trinajstić information content (AvgIpc) is 2.84. The molecule has 3 N–H and O–H groups in total. The van der Waals surface area contributed by atoms with Crippen LogP contribution in [0.1, 0.15) is 39.0 Å². The van der Waals surface area contributed by atoms with Crippen LogP contribution in [0, 0.1) is 17.8 Å². The quantitative estimate of drug-likeness (QED) is 0.710. The minimum absolute atomic E-state index is 0.0302. The predicted octanol–water partition coefficient (Wildman–Crippen LogP) is 0.992. The van der Waals surface area contributed by atoms with Crippen LogP contribution in [0.4, 0.5) is 0 Å². The molecule has 2 fully saturated rings. The topological polar surface area (TPSA) is 78.4 Å². The number of amides is 1. The molecule has 4 unspecified atom stereocenters. The number of nitrogens with one attached hydrogen (secondary N) is 2. The van der Waals surface area contributed by atoms with Crippen LogP contribution in [0.2, 0.25) is 0 Å². The molecule has 0 bridgehead atoms. The number of aliphatic carboxylic acids is 1. The first-order chi connectivity index (χ1) is 9.08. The molecule has 1 saturated carbocycles. The predicted molar refractivity (Wildman–Crippen MR) is 71.7 cm³/mol. The number of carboxylic acids is 1. The van der Waals surface area contributed by atoms with E-state index in [1.807, 2.05) is 0 Å². The van der Waals surface area contributed by atoms with Crippen LogP contribution in [-0.4, -0.2) is 36.1 Å². The number of hydrogen-bond donors (Lipinski definition) is 3. The molecule has 0 aromatic rings. The molecule has 108 valence electrons. The van der Waals surface area contributed by atoms with Crippen molar-refractivity contribution in [2.24, 2.45) is 17.8 Å². The van der Waals surface area contributed by atoms with E-state index in [1.54, 1.807) is 0 Å². The molecule has 0 aromatic heterocycles. The summed E-state index contributed by atoms with van der Waals surface area (Å²) in [5, 5.41) is 15.3. The summed E-state index contributed by atoms with van der Waals surface area (Å²) in [5.74, 6) is -0.292. The average molecular weight is 268 g/mol. The van der Waals surface area contributed by atoms with Crippen molar-refractivity contribution in [1.29, 1.82) is 0 Å². The van der Waals surface area contributed by atoms with Crippen LogP contribution in [0.25, 0.3) is 0 Å². The van der Waals surface area contributed by atoms with Crippen LogP contribution in [0.5, 0.6) is 0 Å². The Morgan fingerprint density at radius 1 is 1.32 bits per heavy atom. The molecule has 0 radical (unpaired) electrons. The lowest BCUT2D eigenvalue weighted by Crippen LogP contribution is -2.49. The minimum Gasteiger partial charge on any atom is -0.481 e. The van der Waals surface area contributed by atoms with E-state index in [2.05, 4.69) is 17.6 Å². The largest absolute Gasteiger partial charge is 0.481 e. The second-order valence-corrected chi connectivity index (χ2v) is 6.02. The van der Waals surface area contributed by atoms with Gasteiger partial charge in [0.25, 0.3) is 0 Å². The van der Waals surface area contributed by atoms with E-state index in [-0.39, 0.29) is 23.8 Å². The Kier molecular flexibility index (Phi) is 4.80. The van der Waals surface area contributed by atoms with Crippen LogP contribution in [0.3, 0.4) is 0 Å². The van der Waals surface area contributed by atoms with Crippen LogP contribution < -0.4 is 10.6 Å². The number of hydrogen-bond acceptors (Lipinski definition) is 3. The second kappa shape index (κ2) is 6.37. The fraction of sp³-hybridized carbons (Fsp3) is 0.857. The van der Waals surface area contributed by atoms with Gasteiger partial charge in [0, 0.05) is 6.54 Å². The van der Waals surface area contributed by atoms with Gasteiger partial charge in [0.1, 0.15) is 0 Å². The molecular formula is C14H24N2O3. The van der Waals surface area contributed by atoms with Gasteiger partial charge in [0.05, 0.1) is 12.0 Å². The van der Waals surface area contributed by atoms with Gasteiger partial charge in [0.2, 0.25) is 5.91 Å². The number of carboxylic acid groups (broad SMARTS) is 1. The lowest BCUT2D eigenvalue weighted by molar-refractivity contribution is -0.143. The van der Waals surface area contributed by atoms with Gasteiger partial charge in [-0.15, -0.1) is 0 Å². The molecule has 1 aliphatic heterocycles. The smallest absolute Gasteiger partial charge is 0.306 e. The SMILES string of the molecule is CC1CCNC(C(=O)NCC2CCCC2C(=O)O)C1. The van der Waals surface area contributed by atoms with Gasteiger partial charge >= 0.3 is 5.97 Å². The van der Waals surface area contributed by atoms with Crippen LogP contribution in [-0.2, 0) is 9.59 Å². The van der Waals surface area contributed by atoms with Crippen molar-refractivity contribution in [2.75, 3.05) is 13.1 Å². The lowest BCUT2D eigenvalue weighted by atomic mass is 9.93. The highest BCUT2D eigenvalue weighted by molar-refractivity contribution is 5.82. The highest BCUT2D eigenvalue weighted by atomic mass is 16.4. The lowest BCUT2D eigenvalue weighted by Gasteiger charge is -2.28. The van der Waals surface area contributed by atoms with Gasteiger partial charge in [-0.25, -0.2) is 0 Å². The molecule has 2 aliphatic rings. The highest BCUT2D eigenvalue weighted by Gasteiger charge is 2.33. The summed E-state index contributed by atoms with van der Waals surface area (Å²) in [4.78, 5) is 23.1. The van der Waals surface area contributed by atoms with Gasteiger partial charge < -0.3 is 15.7 Å². The first-order valence-electron chi connectivity index (χ1n) is 7.32. The summed E-state index contributed by atoms with van der Waals surface area (Å²) in [6.45, 7) is 3.56. The van der Waals surface area contributed by atoms with Crippen molar-refractivity contribution in [3.63, 3.8) is 0 Å². The van der Waals surface area contributed by atoms with E-state index < -0.39 is 5.97 Å². The van der Waals surface area contributed by atoms with E-state index in [1.165, 1.54) is 0 Å². The Balaban J connectivity index is 1.78. The number of carbonyl (C=O) groups excluding carboxylic acids is 1. The van der Waals surface area contributed by atoms with Crippen molar-refractivity contribution >= 4 is 11.9 Å². The summed E-state index contributed by atoms with van der Waals surface area (Å²) < 4.78 is 0. The second-order valence-electron chi connectivity index (χ2n) is 6.02. The Hall–Kier alpha value is -1.10. The Bertz CT molecular complexity index is 346. The molecule has 0 spiro atoms. The van der Waals surface area contributed by atoms with Crippen LogP contribution >= 0.6 is 0 Å². The normalized spacial score (nSPS) is 35.0. The van der Waals surface area contributed by atoms with Gasteiger partial charge in [0.15, 0.2) is 0 Å². The third kappa shape index (κ3) is 3.69. The van der Waals surface area contributed by atoms with Gasteiger partial charge in [-0.3, -0.25) is 9.59 Å². The summed E-state index contributed by atoms with van der Waals surface area (Å²) in [6.07, 6.45) is 4.60. The zero-order valence-corrected chi connectivity index (χ0v) is 11.5. The fourth-order valence-corrected chi connectivity index (χ4v) is 3.27. The third-order valence-electron chi connectivity index (χ3n) is 4.50. The van der Waals surface area contributed by atoms with Crippen molar-refractivity contribution in [3.8, 4) is 0 Å². The zero-order chi connectivity index (χ0) is 13.8. The fourth-order valence-electron chi connectivity index (χ4n) is 3.27. The summed E-state index contributed by atoms with van der Waals surface area (Å²) in [7, 11) is 0. The van der Waals surface area contributed by atoms with E-state index in [0.29, 0.717) is 12.5 Å². The molecule has 1 amide bonds. The maximum Gasteiger partial charge on any atom is 0.306 e. The van der Waals surface area contributed by atoms with Gasteiger partial charge in [-0.1, -0.05) is 13.3 Å². The van der Waals surface area contributed by atoms with E-state index >= 15 is 0 Å². The Labute approximate surface area is 114 Å². The van der Waals surface area contributed by atoms with Crippen molar-refractivity contribution in [1.82, 2.24) is 10.6 Å².